The van der Waals surface area contributed by atoms with E-state index in [-0.39, 0.29) is 29.7 Å². The summed E-state index contributed by atoms with van der Waals surface area (Å²) in [5.74, 6) is 0.168. The first kappa shape index (κ1) is 26.6. The summed E-state index contributed by atoms with van der Waals surface area (Å²) >= 11 is 0. The largest absolute Gasteiger partial charge is 0.492 e. The first-order valence-electron chi connectivity index (χ1n) is 12.3. The minimum atomic E-state index is -3.46. The highest BCUT2D eigenvalue weighted by atomic mass is 32.2. The van der Waals surface area contributed by atoms with Crippen LogP contribution in [0.5, 0.6) is 5.75 Å². The Morgan fingerprint density at radius 3 is 2.00 bits per heavy atom. The Balaban J connectivity index is 1.22. The van der Waals surface area contributed by atoms with Gasteiger partial charge in [-0.05, 0) is 67.6 Å². The summed E-state index contributed by atoms with van der Waals surface area (Å²) in [4.78, 5) is 12.7. The van der Waals surface area contributed by atoms with Crippen molar-refractivity contribution in [3.05, 3.63) is 59.7 Å². The summed E-state index contributed by atoms with van der Waals surface area (Å²) in [5.41, 5.74) is 1.08. The lowest BCUT2D eigenvalue weighted by atomic mass is 10.1. The number of benzene rings is 2. The summed E-state index contributed by atoms with van der Waals surface area (Å²) in [7, 11) is -6.81. The van der Waals surface area contributed by atoms with Gasteiger partial charge in [-0.3, -0.25) is 4.79 Å². The fourth-order valence-electron chi connectivity index (χ4n) is 4.42. The van der Waals surface area contributed by atoms with E-state index in [0.717, 1.165) is 32.1 Å². The zero-order valence-corrected chi connectivity index (χ0v) is 21.9. The summed E-state index contributed by atoms with van der Waals surface area (Å²) in [5, 5.41) is 2.77. The van der Waals surface area contributed by atoms with Crippen molar-refractivity contribution in [1.82, 2.24) is 13.9 Å². The quantitative estimate of drug-likeness (QED) is 0.468. The van der Waals surface area contributed by atoms with Gasteiger partial charge in [0.2, 0.25) is 20.0 Å². The van der Waals surface area contributed by atoms with Crippen LogP contribution in [0.2, 0.25) is 0 Å². The Kier molecular flexibility index (Phi) is 8.66. The van der Waals surface area contributed by atoms with E-state index >= 15 is 0 Å². The molecule has 0 spiro atoms. The molecule has 9 nitrogen and oxygen atoms in total. The molecule has 2 aliphatic heterocycles. The van der Waals surface area contributed by atoms with Crippen molar-refractivity contribution >= 4 is 26.0 Å². The molecule has 11 heteroatoms. The zero-order chi connectivity index (χ0) is 25.6. The Labute approximate surface area is 213 Å². The van der Waals surface area contributed by atoms with Gasteiger partial charge < -0.3 is 10.1 Å². The van der Waals surface area contributed by atoms with Crippen LogP contribution < -0.4 is 10.1 Å². The van der Waals surface area contributed by atoms with Crippen LogP contribution in [0.3, 0.4) is 0 Å². The van der Waals surface area contributed by atoms with Gasteiger partial charge in [0.1, 0.15) is 12.4 Å². The molecule has 2 aromatic rings. The van der Waals surface area contributed by atoms with Crippen molar-refractivity contribution in [1.29, 1.82) is 0 Å². The summed E-state index contributed by atoms with van der Waals surface area (Å²) in [6, 6.07) is 12.9. The number of nitrogens with zero attached hydrogens (tertiary/aromatic N) is 2. The molecular formula is C25H33N3O6S2. The number of piperidine rings is 1. The topological polar surface area (TPSA) is 113 Å². The molecule has 0 bridgehead atoms. The summed E-state index contributed by atoms with van der Waals surface area (Å²) < 4.78 is 59.0. The van der Waals surface area contributed by atoms with E-state index in [0.29, 0.717) is 43.1 Å². The molecule has 4 rings (SSSR count). The molecule has 0 atom stereocenters. The van der Waals surface area contributed by atoms with E-state index in [1.165, 1.54) is 16.4 Å². The SMILES string of the molecule is O=C(NCCOc1ccc(S(=O)(=O)N2CCCC2)cc1)c1ccc(CS(=O)(=O)N2CCCCC2)cc1. The van der Waals surface area contributed by atoms with Crippen molar-refractivity contribution in [2.24, 2.45) is 0 Å². The molecule has 0 saturated carbocycles. The minimum Gasteiger partial charge on any atom is -0.492 e. The predicted octanol–water partition coefficient (Wildman–Crippen LogP) is 2.60. The lowest BCUT2D eigenvalue weighted by Gasteiger charge is -2.25. The van der Waals surface area contributed by atoms with Crippen molar-refractivity contribution in [2.45, 2.75) is 42.8 Å². The minimum absolute atomic E-state index is 0.0686. The highest BCUT2D eigenvalue weighted by molar-refractivity contribution is 7.89. The van der Waals surface area contributed by atoms with E-state index < -0.39 is 20.0 Å². The number of hydrogen-bond acceptors (Lipinski definition) is 6. The van der Waals surface area contributed by atoms with Crippen LogP contribution in [-0.4, -0.2) is 70.7 Å². The van der Waals surface area contributed by atoms with Crippen LogP contribution in [0.1, 0.15) is 48.0 Å². The maximum atomic E-state index is 12.6. The van der Waals surface area contributed by atoms with Gasteiger partial charge in [0.05, 0.1) is 17.2 Å². The molecule has 0 aliphatic carbocycles. The highest BCUT2D eigenvalue weighted by Gasteiger charge is 2.27. The van der Waals surface area contributed by atoms with E-state index in [1.807, 2.05) is 0 Å². The lowest BCUT2D eigenvalue weighted by Crippen LogP contribution is -2.36. The van der Waals surface area contributed by atoms with Crippen LogP contribution in [0.15, 0.2) is 53.4 Å². The molecule has 2 aromatic carbocycles. The van der Waals surface area contributed by atoms with Gasteiger partial charge in [-0.2, -0.15) is 4.31 Å². The van der Waals surface area contributed by atoms with Gasteiger partial charge in [0, 0.05) is 31.7 Å². The zero-order valence-electron chi connectivity index (χ0n) is 20.3. The van der Waals surface area contributed by atoms with Gasteiger partial charge >= 0.3 is 0 Å². The monoisotopic (exact) mass is 535 g/mol. The molecule has 0 radical (unpaired) electrons. The second-order valence-electron chi connectivity index (χ2n) is 9.10. The molecule has 1 N–H and O–H groups in total. The molecule has 1 amide bonds. The Morgan fingerprint density at radius 2 is 1.36 bits per heavy atom. The van der Waals surface area contributed by atoms with E-state index in [9.17, 15) is 21.6 Å². The van der Waals surface area contributed by atoms with Gasteiger partial charge in [-0.25, -0.2) is 21.1 Å². The average Bonchev–Trinajstić information content (AvgIpc) is 3.44. The number of carbonyl (C=O) groups excluding carboxylic acids is 1. The van der Waals surface area contributed by atoms with Crippen LogP contribution >= 0.6 is 0 Å². The second-order valence-corrected chi connectivity index (χ2v) is 13.0. The molecule has 2 aliphatic rings. The third-order valence-corrected chi connectivity index (χ3v) is 10.2. The molecule has 0 unspecified atom stereocenters. The Hall–Kier alpha value is -2.47. The van der Waals surface area contributed by atoms with Crippen molar-refractivity contribution < 1.29 is 26.4 Å². The first-order valence-corrected chi connectivity index (χ1v) is 15.4. The molecule has 2 saturated heterocycles. The summed E-state index contributed by atoms with van der Waals surface area (Å²) in [6.45, 7) is 2.74. The number of carbonyl (C=O) groups is 1. The standard InChI is InChI=1S/C25H33N3O6S2/c29-25(22-8-6-21(7-9-22)20-35(30,31)27-15-2-1-3-16-27)26-14-19-34-23-10-12-24(13-11-23)36(32,33)28-17-4-5-18-28/h6-13H,1-5,14-20H2,(H,26,29). The molecule has 2 heterocycles. The maximum Gasteiger partial charge on any atom is 0.251 e. The molecular weight excluding hydrogens is 502 g/mol. The highest BCUT2D eigenvalue weighted by Crippen LogP contribution is 2.23. The van der Waals surface area contributed by atoms with Crippen LogP contribution in [0.4, 0.5) is 0 Å². The summed E-state index contributed by atoms with van der Waals surface area (Å²) in [6.07, 6.45) is 4.63. The number of sulfonamides is 2. The van der Waals surface area contributed by atoms with Gasteiger partial charge in [-0.15, -0.1) is 0 Å². The third-order valence-electron chi connectivity index (χ3n) is 6.46. The van der Waals surface area contributed by atoms with Crippen molar-refractivity contribution in [3.8, 4) is 5.75 Å². The fourth-order valence-corrected chi connectivity index (χ4v) is 7.55. The number of nitrogens with one attached hydrogen (secondary N) is 1. The Morgan fingerprint density at radius 1 is 0.778 bits per heavy atom. The van der Waals surface area contributed by atoms with Gasteiger partial charge in [0.15, 0.2) is 0 Å². The molecule has 0 aromatic heterocycles. The first-order chi connectivity index (χ1) is 17.3. The van der Waals surface area contributed by atoms with Crippen molar-refractivity contribution in [3.63, 3.8) is 0 Å². The van der Waals surface area contributed by atoms with E-state index in [4.69, 9.17) is 4.74 Å². The molecule has 36 heavy (non-hydrogen) atoms. The fraction of sp³-hybridized carbons (Fsp3) is 0.480. The lowest BCUT2D eigenvalue weighted by molar-refractivity contribution is 0.0947. The maximum absolute atomic E-state index is 12.6. The van der Waals surface area contributed by atoms with Gasteiger partial charge in [-0.1, -0.05) is 18.6 Å². The second kappa shape index (κ2) is 11.7. The predicted molar refractivity (Wildman–Crippen MR) is 137 cm³/mol. The van der Waals surface area contributed by atoms with Crippen LogP contribution in [0.25, 0.3) is 0 Å². The Bertz CT molecular complexity index is 1230. The van der Waals surface area contributed by atoms with E-state index in [2.05, 4.69) is 5.32 Å². The smallest absolute Gasteiger partial charge is 0.251 e. The number of ether oxygens (including phenoxy) is 1. The normalized spacial score (nSPS) is 17.7. The van der Waals surface area contributed by atoms with Crippen molar-refractivity contribution in [2.75, 3.05) is 39.3 Å². The average molecular weight is 536 g/mol. The molecule has 196 valence electrons. The third kappa shape index (κ3) is 6.64. The van der Waals surface area contributed by atoms with E-state index in [1.54, 1.807) is 40.7 Å². The van der Waals surface area contributed by atoms with Crippen LogP contribution in [-0.2, 0) is 25.8 Å². The molecule has 2 fully saturated rings. The number of hydrogen-bond donors (Lipinski definition) is 1. The number of rotatable bonds is 10. The van der Waals surface area contributed by atoms with Gasteiger partial charge in [0.25, 0.3) is 5.91 Å². The van der Waals surface area contributed by atoms with Crippen LogP contribution in [0, 0.1) is 0 Å². The number of amides is 1.